The third kappa shape index (κ3) is 4.87. The molecule has 2 amide bonds. The number of halogens is 2. The van der Waals surface area contributed by atoms with Gasteiger partial charge in [0, 0.05) is 17.2 Å². The minimum Gasteiger partial charge on any atom is -0.480 e. The zero-order valence-corrected chi connectivity index (χ0v) is 19.0. The van der Waals surface area contributed by atoms with Gasteiger partial charge in [-0.1, -0.05) is 57.4 Å². The van der Waals surface area contributed by atoms with Crippen molar-refractivity contribution in [3.8, 4) is 5.75 Å². The maximum atomic E-state index is 14.6. The molecule has 0 aromatic heterocycles. The maximum Gasteiger partial charge on any atom is 0.265 e. The van der Waals surface area contributed by atoms with Gasteiger partial charge in [-0.15, -0.1) is 0 Å². The van der Waals surface area contributed by atoms with Crippen LogP contribution in [-0.4, -0.2) is 28.9 Å². The first-order valence-corrected chi connectivity index (χ1v) is 11.7. The molecule has 2 aliphatic rings. The Morgan fingerprint density at radius 2 is 1.73 bits per heavy atom. The molecule has 33 heavy (non-hydrogen) atoms. The number of rotatable bonds is 5. The second-order valence-corrected chi connectivity index (χ2v) is 9.23. The van der Waals surface area contributed by atoms with Gasteiger partial charge in [-0.3, -0.25) is 9.59 Å². The van der Waals surface area contributed by atoms with E-state index in [0.29, 0.717) is 11.3 Å². The smallest absolute Gasteiger partial charge is 0.265 e. The molecule has 0 spiro atoms. The van der Waals surface area contributed by atoms with Gasteiger partial charge in [0.25, 0.3) is 5.91 Å². The van der Waals surface area contributed by atoms with Crippen molar-refractivity contribution in [1.82, 2.24) is 10.2 Å². The van der Waals surface area contributed by atoms with E-state index in [0.717, 1.165) is 44.2 Å². The molecule has 2 atom stereocenters. The van der Waals surface area contributed by atoms with E-state index in [1.54, 1.807) is 24.3 Å². The molecule has 4 rings (SSSR count). The Morgan fingerprint density at radius 1 is 1.06 bits per heavy atom. The fourth-order valence-corrected chi connectivity index (χ4v) is 4.71. The average molecular weight is 457 g/mol. The summed E-state index contributed by atoms with van der Waals surface area (Å²) in [6.07, 6.45) is 4.08. The lowest BCUT2D eigenvalue weighted by Gasteiger charge is -2.33. The van der Waals surface area contributed by atoms with Crippen LogP contribution in [0.25, 0.3) is 0 Å². The van der Waals surface area contributed by atoms with E-state index < -0.39 is 29.7 Å². The van der Waals surface area contributed by atoms with Crippen LogP contribution in [-0.2, 0) is 16.1 Å². The first-order valence-electron chi connectivity index (χ1n) is 11.7. The molecule has 1 heterocycles. The van der Waals surface area contributed by atoms with E-state index in [1.807, 2.05) is 13.8 Å². The lowest BCUT2D eigenvalue weighted by Crippen LogP contribution is -2.49. The number of benzene rings is 2. The summed E-state index contributed by atoms with van der Waals surface area (Å²) in [5, 5.41) is 3.09. The van der Waals surface area contributed by atoms with Crippen LogP contribution < -0.4 is 10.1 Å². The zero-order valence-electron chi connectivity index (χ0n) is 19.0. The second kappa shape index (κ2) is 9.89. The molecule has 0 bridgehead atoms. The number of ether oxygens (including phenoxy) is 1. The predicted octanol–water partition coefficient (Wildman–Crippen LogP) is 4.90. The average Bonchev–Trinajstić information content (AvgIpc) is 2.91. The number of amides is 2. The van der Waals surface area contributed by atoms with Crippen LogP contribution in [0.15, 0.2) is 42.5 Å². The SMILES string of the molecule is CC(C)C1Oc2ccccc2C(C(=O)NC2CCCCC2)N(Cc2c(F)cccc2F)C1=O. The third-order valence-corrected chi connectivity index (χ3v) is 6.50. The summed E-state index contributed by atoms with van der Waals surface area (Å²) < 4.78 is 35.2. The van der Waals surface area contributed by atoms with Crippen molar-refractivity contribution < 1.29 is 23.1 Å². The van der Waals surface area contributed by atoms with Gasteiger partial charge in [0.15, 0.2) is 6.10 Å². The molecule has 0 radical (unpaired) electrons. The Hall–Kier alpha value is -2.96. The van der Waals surface area contributed by atoms with E-state index in [9.17, 15) is 18.4 Å². The van der Waals surface area contributed by atoms with Crippen molar-refractivity contribution in [3.63, 3.8) is 0 Å². The Morgan fingerprint density at radius 3 is 2.39 bits per heavy atom. The molecule has 2 unspecified atom stereocenters. The highest BCUT2D eigenvalue weighted by molar-refractivity contribution is 5.92. The van der Waals surface area contributed by atoms with Crippen molar-refractivity contribution in [2.75, 3.05) is 0 Å². The van der Waals surface area contributed by atoms with Gasteiger partial charge >= 0.3 is 0 Å². The number of carbonyl (C=O) groups is 2. The van der Waals surface area contributed by atoms with Gasteiger partial charge in [-0.05, 0) is 37.0 Å². The second-order valence-electron chi connectivity index (χ2n) is 9.23. The fraction of sp³-hybridized carbons (Fsp3) is 0.462. The van der Waals surface area contributed by atoms with Crippen molar-refractivity contribution in [3.05, 3.63) is 65.2 Å². The first-order chi connectivity index (χ1) is 15.9. The van der Waals surface area contributed by atoms with E-state index in [-0.39, 0.29) is 30.0 Å². The highest BCUT2D eigenvalue weighted by Gasteiger charge is 2.42. The number of nitrogens with one attached hydrogen (secondary N) is 1. The first kappa shape index (κ1) is 23.2. The highest BCUT2D eigenvalue weighted by Crippen LogP contribution is 2.37. The van der Waals surface area contributed by atoms with Crippen LogP contribution in [0.1, 0.15) is 63.1 Å². The Labute approximate surface area is 193 Å². The molecule has 1 saturated carbocycles. The van der Waals surface area contributed by atoms with E-state index in [1.165, 1.54) is 11.0 Å². The lowest BCUT2D eigenvalue weighted by molar-refractivity contribution is -0.147. The zero-order chi connectivity index (χ0) is 23.5. The highest BCUT2D eigenvalue weighted by atomic mass is 19.1. The van der Waals surface area contributed by atoms with Crippen molar-refractivity contribution >= 4 is 11.8 Å². The monoisotopic (exact) mass is 456 g/mol. The van der Waals surface area contributed by atoms with Gasteiger partial charge in [0.2, 0.25) is 5.91 Å². The molecule has 1 aliphatic heterocycles. The molecule has 1 fully saturated rings. The molecular formula is C26H30F2N2O3. The summed E-state index contributed by atoms with van der Waals surface area (Å²) in [6.45, 7) is 3.31. The van der Waals surface area contributed by atoms with E-state index >= 15 is 0 Å². The van der Waals surface area contributed by atoms with Crippen LogP contribution in [0.2, 0.25) is 0 Å². The number of nitrogens with zero attached hydrogens (tertiary/aromatic N) is 1. The number of carbonyl (C=O) groups excluding carboxylic acids is 2. The molecule has 5 nitrogen and oxygen atoms in total. The van der Waals surface area contributed by atoms with Crippen molar-refractivity contribution in [1.29, 1.82) is 0 Å². The van der Waals surface area contributed by atoms with Gasteiger partial charge < -0.3 is 15.0 Å². The Balaban J connectivity index is 1.78. The summed E-state index contributed by atoms with van der Waals surface area (Å²) in [5.74, 6) is -2.11. The molecule has 2 aromatic carbocycles. The normalized spacial score (nSPS) is 21.4. The van der Waals surface area contributed by atoms with Crippen LogP contribution >= 0.6 is 0 Å². The maximum absolute atomic E-state index is 14.6. The Kier molecular flexibility index (Phi) is 6.96. The summed E-state index contributed by atoms with van der Waals surface area (Å²) in [4.78, 5) is 28.6. The quantitative estimate of drug-likeness (QED) is 0.696. The van der Waals surface area contributed by atoms with Crippen LogP contribution in [0.4, 0.5) is 8.78 Å². The number of fused-ring (bicyclic) bond motifs is 1. The van der Waals surface area contributed by atoms with Crippen molar-refractivity contribution in [2.24, 2.45) is 5.92 Å². The molecule has 1 aliphatic carbocycles. The largest absolute Gasteiger partial charge is 0.480 e. The summed E-state index contributed by atoms with van der Waals surface area (Å²) in [7, 11) is 0. The fourth-order valence-electron chi connectivity index (χ4n) is 4.71. The molecule has 0 saturated heterocycles. The third-order valence-electron chi connectivity index (χ3n) is 6.50. The van der Waals surface area contributed by atoms with Crippen molar-refractivity contribution in [2.45, 2.75) is 70.7 Å². The number of hydrogen-bond donors (Lipinski definition) is 1. The Bertz CT molecular complexity index is 1000. The predicted molar refractivity (Wildman–Crippen MR) is 120 cm³/mol. The topological polar surface area (TPSA) is 58.6 Å². The van der Waals surface area contributed by atoms with Gasteiger partial charge in [-0.2, -0.15) is 0 Å². The minimum absolute atomic E-state index is 0.0191. The summed E-state index contributed by atoms with van der Waals surface area (Å²) >= 11 is 0. The van der Waals surface area contributed by atoms with Crippen LogP contribution in [0.3, 0.4) is 0 Å². The van der Waals surface area contributed by atoms with Gasteiger partial charge in [0.1, 0.15) is 23.4 Å². The molecule has 2 aromatic rings. The molecule has 1 N–H and O–H groups in total. The van der Waals surface area contributed by atoms with Crippen LogP contribution in [0, 0.1) is 17.6 Å². The number of hydrogen-bond acceptors (Lipinski definition) is 3. The standard InChI is InChI=1S/C26H30F2N2O3/c1-16(2)24-26(32)30(15-19-20(27)12-8-13-21(19)28)23(18-11-6-7-14-22(18)33-24)25(31)29-17-9-4-3-5-10-17/h6-8,11-14,16-17,23-24H,3-5,9-10,15H2,1-2H3,(H,29,31). The summed E-state index contributed by atoms with van der Waals surface area (Å²) in [5.41, 5.74) is 0.266. The van der Waals surface area contributed by atoms with E-state index in [4.69, 9.17) is 4.74 Å². The molecule has 7 heteroatoms. The summed E-state index contributed by atoms with van der Waals surface area (Å²) in [6, 6.07) is 9.57. The van der Waals surface area contributed by atoms with Gasteiger partial charge in [0.05, 0.1) is 6.54 Å². The van der Waals surface area contributed by atoms with E-state index in [2.05, 4.69) is 5.32 Å². The van der Waals surface area contributed by atoms with Gasteiger partial charge in [-0.25, -0.2) is 8.78 Å². The van der Waals surface area contributed by atoms with Crippen LogP contribution in [0.5, 0.6) is 5.75 Å². The molecular weight excluding hydrogens is 426 g/mol. The number of para-hydroxylation sites is 1. The molecule has 176 valence electrons. The minimum atomic E-state index is -1.06. The lowest BCUT2D eigenvalue weighted by atomic mass is 9.94.